The highest BCUT2D eigenvalue weighted by Gasteiger charge is 2.17. The molecule has 20 heavy (non-hydrogen) atoms. The van der Waals surface area contributed by atoms with Gasteiger partial charge in [-0.05, 0) is 12.1 Å². The largest absolute Gasteiger partial charge is 0.494 e. The normalized spacial score (nSPS) is 10.1. The SMILES string of the molecule is COc1ccc(Nc2nc(N)ncc2[N+](=O)[O-])cc1F. The Morgan fingerprint density at radius 3 is 2.85 bits per heavy atom. The van der Waals surface area contributed by atoms with Crippen LogP contribution >= 0.6 is 0 Å². The van der Waals surface area contributed by atoms with Gasteiger partial charge in [0, 0.05) is 11.8 Å². The Labute approximate surface area is 112 Å². The standard InChI is InChI=1S/C11H10FN5O3/c1-20-9-3-2-6(4-7(9)12)15-10-8(17(18)19)5-14-11(13)16-10/h2-5H,1H3,(H3,13,14,15,16). The quantitative estimate of drug-likeness (QED) is 0.648. The lowest BCUT2D eigenvalue weighted by Gasteiger charge is -2.08. The molecule has 0 radical (unpaired) electrons. The molecule has 0 spiro atoms. The molecule has 9 heteroatoms. The van der Waals surface area contributed by atoms with Crippen LogP contribution in [0.1, 0.15) is 0 Å². The van der Waals surface area contributed by atoms with E-state index in [9.17, 15) is 14.5 Å². The van der Waals surface area contributed by atoms with Crippen molar-refractivity contribution in [3.63, 3.8) is 0 Å². The Morgan fingerprint density at radius 1 is 1.50 bits per heavy atom. The molecule has 8 nitrogen and oxygen atoms in total. The maximum Gasteiger partial charge on any atom is 0.329 e. The van der Waals surface area contributed by atoms with Gasteiger partial charge in [-0.25, -0.2) is 9.37 Å². The molecule has 104 valence electrons. The number of ether oxygens (including phenoxy) is 1. The summed E-state index contributed by atoms with van der Waals surface area (Å²) in [4.78, 5) is 17.4. The van der Waals surface area contributed by atoms with Gasteiger partial charge in [-0.15, -0.1) is 0 Å². The highest BCUT2D eigenvalue weighted by atomic mass is 19.1. The number of nitrogens with one attached hydrogen (secondary N) is 1. The van der Waals surface area contributed by atoms with Crippen molar-refractivity contribution >= 4 is 23.1 Å². The number of hydrogen-bond donors (Lipinski definition) is 2. The Morgan fingerprint density at radius 2 is 2.25 bits per heavy atom. The van der Waals surface area contributed by atoms with Crippen molar-refractivity contribution in [2.45, 2.75) is 0 Å². The number of rotatable bonds is 4. The minimum absolute atomic E-state index is 0.0623. The van der Waals surface area contributed by atoms with Crippen LogP contribution in [-0.4, -0.2) is 22.0 Å². The van der Waals surface area contributed by atoms with Crippen molar-refractivity contribution in [3.05, 3.63) is 40.3 Å². The van der Waals surface area contributed by atoms with Gasteiger partial charge in [0.2, 0.25) is 11.8 Å². The number of methoxy groups -OCH3 is 1. The summed E-state index contributed by atoms with van der Waals surface area (Å²) in [6.07, 6.45) is 0.977. The molecular weight excluding hydrogens is 269 g/mol. The van der Waals surface area contributed by atoms with Gasteiger partial charge in [0.1, 0.15) is 6.20 Å². The lowest BCUT2D eigenvalue weighted by Crippen LogP contribution is -2.04. The zero-order valence-corrected chi connectivity index (χ0v) is 10.3. The van der Waals surface area contributed by atoms with Gasteiger partial charge >= 0.3 is 5.69 Å². The van der Waals surface area contributed by atoms with Crippen LogP contribution in [0.3, 0.4) is 0 Å². The van der Waals surface area contributed by atoms with E-state index in [-0.39, 0.29) is 28.9 Å². The van der Waals surface area contributed by atoms with E-state index in [0.717, 1.165) is 12.3 Å². The van der Waals surface area contributed by atoms with E-state index in [1.165, 1.54) is 19.2 Å². The number of anilines is 3. The number of aromatic nitrogens is 2. The van der Waals surface area contributed by atoms with Crippen LogP contribution in [0.2, 0.25) is 0 Å². The van der Waals surface area contributed by atoms with Gasteiger partial charge in [-0.2, -0.15) is 4.98 Å². The summed E-state index contributed by atoms with van der Waals surface area (Å²) < 4.78 is 18.3. The van der Waals surface area contributed by atoms with Gasteiger partial charge in [-0.1, -0.05) is 0 Å². The molecule has 0 aliphatic heterocycles. The van der Waals surface area contributed by atoms with Crippen molar-refractivity contribution in [1.82, 2.24) is 9.97 Å². The first-order valence-electron chi connectivity index (χ1n) is 5.38. The van der Waals surface area contributed by atoms with Crippen LogP contribution in [0.15, 0.2) is 24.4 Å². The predicted octanol–water partition coefficient (Wildman–Crippen LogP) is 1.86. The summed E-state index contributed by atoms with van der Waals surface area (Å²) in [5.41, 5.74) is 5.28. The summed E-state index contributed by atoms with van der Waals surface area (Å²) in [5, 5.41) is 13.5. The van der Waals surface area contributed by atoms with Gasteiger partial charge in [0.05, 0.1) is 12.0 Å². The number of nitrogen functional groups attached to an aromatic ring is 1. The molecule has 0 saturated heterocycles. The molecule has 0 fully saturated rings. The molecular formula is C11H10FN5O3. The zero-order chi connectivity index (χ0) is 14.7. The van der Waals surface area contributed by atoms with Crippen LogP contribution < -0.4 is 15.8 Å². The van der Waals surface area contributed by atoms with Crippen LogP contribution in [0.25, 0.3) is 0 Å². The number of hydrogen-bond acceptors (Lipinski definition) is 7. The average molecular weight is 279 g/mol. The Bertz CT molecular complexity index is 665. The molecule has 0 saturated carbocycles. The Hall–Kier alpha value is -2.97. The lowest BCUT2D eigenvalue weighted by atomic mass is 10.3. The summed E-state index contributed by atoms with van der Waals surface area (Å²) in [6, 6.07) is 4.00. The minimum Gasteiger partial charge on any atom is -0.494 e. The van der Waals surface area contributed by atoms with E-state index in [1.807, 2.05) is 0 Å². The number of benzene rings is 1. The molecule has 2 rings (SSSR count). The fraction of sp³-hybridized carbons (Fsp3) is 0.0909. The Kier molecular flexibility index (Phi) is 3.60. The minimum atomic E-state index is -0.665. The van der Waals surface area contributed by atoms with Crippen LogP contribution in [0.4, 0.5) is 27.5 Å². The van der Waals surface area contributed by atoms with Crippen LogP contribution in [-0.2, 0) is 0 Å². The summed E-state index contributed by atoms with van der Waals surface area (Å²) >= 11 is 0. The van der Waals surface area contributed by atoms with E-state index in [2.05, 4.69) is 15.3 Å². The third-order valence-electron chi connectivity index (χ3n) is 2.40. The summed E-state index contributed by atoms with van der Waals surface area (Å²) in [6.45, 7) is 0. The predicted molar refractivity (Wildman–Crippen MR) is 69.3 cm³/mol. The maximum atomic E-state index is 13.5. The first-order valence-corrected chi connectivity index (χ1v) is 5.38. The molecule has 0 unspecified atom stereocenters. The number of nitro groups is 1. The van der Waals surface area contributed by atoms with Gasteiger partial charge in [-0.3, -0.25) is 10.1 Å². The maximum absolute atomic E-state index is 13.5. The zero-order valence-electron chi connectivity index (χ0n) is 10.3. The molecule has 2 aromatic rings. The lowest BCUT2D eigenvalue weighted by molar-refractivity contribution is -0.384. The number of nitrogens with two attached hydrogens (primary N) is 1. The Balaban J connectivity index is 2.36. The van der Waals surface area contributed by atoms with E-state index in [0.29, 0.717) is 0 Å². The van der Waals surface area contributed by atoms with E-state index in [1.54, 1.807) is 0 Å². The van der Waals surface area contributed by atoms with Crippen LogP contribution in [0.5, 0.6) is 5.75 Å². The smallest absolute Gasteiger partial charge is 0.329 e. The highest BCUT2D eigenvalue weighted by Crippen LogP contribution is 2.27. The van der Waals surface area contributed by atoms with Crippen molar-refractivity contribution in [1.29, 1.82) is 0 Å². The molecule has 0 bridgehead atoms. The summed E-state index contributed by atoms with van der Waals surface area (Å²) in [7, 11) is 1.33. The van der Waals surface area contributed by atoms with Crippen molar-refractivity contribution in [2.75, 3.05) is 18.2 Å². The second-order valence-corrected chi connectivity index (χ2v) is 3.69. The van der Waals surface area contributed by atoms with Crippen molar-refractivity contribution < 1.29 is 14.1 Å². The second-order valence-electron chi connectivity index (χ2n) is 3.69. The molecule has 3 N–H and O–H groups in total. The van der Waals surface area contributed by atoms with E-state index >= 15 is 0 Å². The summed E-state index contributed by atoms with van der Waals surface area (Å²) in [5.74, 6) is -0.798. The van der Waals surface area contributed by atoms with Crippen LogP contribution in [0, 0.1) is 15.9 Å². The van der Waals surface area contributed by atoms with E-state index < -0.39 is 10.7 Å². The third kappa shape index (κ3) is 2.71. The molecule has 0 atom stereocenters. The first-order chi connectivity index (χ1) is 9.51. The third-order valence-corrected chi connectivity index (χ3v) is 2.40. The molecule has 0 aliphatic rings. The monoisotopic (exact) mass is 279 g/mol. The molecule has 0 amide bonds. The van der Waals surface area contributed by atoms with Gasteiger partial charge in [0.25, 0.3) is 0 Å². The number of nitrogens with zero attached hydrogens (tertiary/aromatic N) is 3. The van der Waals surface area contributed by atoms with Crippen molar-refractivity contribution in [2.24, 2.45) is 0 Å². The molecule has 0 aliphatic carbocycles. The van der Waals surface area contributed by atoms with Gasteiger partial charge < -0.3 is 15.8 Å². The highest BCUT2D eigenvalue weighted by molar-refractivity contribution is 5.66. The molecule has 1 heterocycles. The topological polar surface area (TPSA) is 116 Å². The first kappa shape index (κ1) is 13.5. The molecule has 1 aromatic carbocycles. The van der Waals surface area contributed by atoms with Gasteiger partial charge in [0.15, 0.2) is 11.6 Å². The van der Waals surface area contributed by atoms with Crippen molar-refractivity contribution in [3.8, 4) is 5.75 Å². The average Bonchev–Trinajstić information content (AvgIpc) is 2.38. The second kappa shape index (κ2) is 5.34. The fourth-order valence-electron chi connectivity index (χ4n) is 1.50. The number of halogens is 1. The molecule has 1 aromatic heterocycles. The fourth-order valence-corrected chi connectivity index (χ4v) is 1.50. The van der Waals surface area contributed by atoms with E-state index in [4.69, 9.17) is 10.5 Å².